The first-order valence-corrected chi connectivity index (χ1v) is 9.05. The molecule has 6 radical (unpaired) electrons. The molecule has 0 fully saturated rings. The minimum Gasteiger partial charge on any atom is -0.497 e. The van der Waals surface area contributed by atoms with E-state index in [2.05, 4.69) is 20.4 Å². The number of aromatic nitrogens is 4. The minimum atomic E-state index is -1.59. The molecule has 7 nitrogen and oxygen atoms in total. The molecule has 0 atom stereocenters. The van der Waals surface area contributed by atoms with Gasteiger partial charge in [0.2, 0.25) is 0 Å². The largest absolute Gasteiger partial charge is 0.497 e. The van der Waals surface area contributed by atoms with Crippen LogP contribution in [0.1, 0.15) is 0 Å². The highest BCUT2D eigenvalue weighted by Gasteiger charge is 2.14. The summed E-state index contributed by atoms with van der Waals surface area (Å²) in [5.41, 5.74) is 4.44. The van der Waals surface area contributed by atoms with E-state index in [1.807, 2.05) is 36.4 Å². The molecule has 1 N–H and O–H groups in total. The lowest BCUT2D eigenvalue weighted by molar-refractivity contribution is 0.395. The molecule has 0 spiro atoms. The molecule has 2 aromatic carbocycles. The van der Waals surface area contributed by atoms with Crippen LogP contribution in [0, 0.1) is 0 Å². The number of ether oxygens (including phenoxy) is 2. The zero-order valence-electron chi connectivity index (χ0n) is 16.5. The van der Waals surface area contributed by atoms with Crippen LogP contribution >= 0.6 is 0 Å². The number of fused-ring (bicyclic) bond motifs is 1. The Balaban J connectivity index is 1.66. The van der Waals surface area contributed by atoms with Crippen molar-refractivity contribution in [1.82, 2.24) is 19.7 Å². The third kappa shape index (κ3) is 4.12. The summed E-state index contributed by atoms with van der Waals surface area (Å²) >= 11 is 0. The van der Waals surface area contributed by atoms with Gasteiger partial charge in [0, 0.05) is 41.3 Å². The fourth-order valence-electron chi connectivity index (χ4n) is 2.94. The van der Waals surface area contributed by atoms with Crippen molar-refractivity contribution in [1.29, 1.82) is 0 Å². The lowest BCUT2D eigenvalue weighted by atomic mass is 9.49. The van der Waals surface area contributed by atoms with E-state index in [1.165, 1.54) is 4.68 Å². The van der Waals surface area contributed by atoms with E-state index in [0.717, 1.165) is 16.9 Å². The summed E-state index contributed by atoms with van der Waals surface area (Å²) in [6.07, 6.45) is 4.87. The van der Waals surface area contributed by atoms with Gasteiger partial charge in [-0.2, -0.15) is 5.10 Å². The zero-order chi connectivity index (χ0) is 21.3. The lowest BCUT2D eigenvalue weighted by Gasteiger charge is -2.20. The number of methoxy groups -OCH3 is 2. The predicted octanol–water partition coefficient (Wildman–Crippen LogP) is 2.33. The van der Waals surface area contributed by atoms with E-state index < -0.39 is 5.24 Å². The standard InChI is InChI=1S/C20H16B3N5O2/c1-29-15-5-14(6-16(8-15)30-2)26-13-3-4-17-18(7-13)27-19(10-24-17)12-9-25-28(11-12)20(21,22)23/h3-11,26H,1-2H3. The second kappa shape index (κ2) is 7.78. The summed E-state index contributed by atoms with van der Waals surface area (Å²) in [5.74, 6) is 1.38. The quantitative estimate of drug-likeness (QED) is 0.509. The molecular weight excluding hydrogens is 375 g/mol. The van der Waals surface area contributed by atoms with Gasteiger partial charge in [-0.3, -0.25) is 9.67 Å². The maximum absolute atomic E-state index is 5.67. The van der Waals surface area contributed by atoms with Crippen molar-refractivity contribution < 1.29 is 9.47 Å². The molecule has 30 heavy (non-hydrogen) atoms. The Labute approximate surface area is 178 Å². The molecular formula is C20H16B3N5O2. The number of rotatable bonds is 6. The summed E-state index contributed by atoms with van der Waals surface area (Å²) in [6.45, 7) is 0. The fraction of sp³-hybridized carbons (Fsp3) is 0.150. The molecule has 4 aromatic rings. The van der Waals surface area contributed by atoms with Gasteiger partial charge in [-0.15, -0.1) is 0 Å². The second-order valence-electron chi connectivity index (χ2n) is 6.75. The van der Waals surface area contributed by atoms with Gasteiger partial charge in [0.25, 0.3) is 0 Å². The Morgan fingerprint density at radius 1 is 0.900 bits per heavy atom. The van der Waals surface area contributed by atoms with Crippen molar-refractivity contribution in [3.8, 4) is 22.8 Å². The lowest BCUT2D eigenvalue weighted by Crippen LogP contribution is -2.35. The molecule has 0 saturated carbocycles. The maximum Gasteiger partial charge on any atom is 0.124 e. The summed E-state index contributed by atoms with van der Waals surface area (Å²) in [6, 6.07) is 11.3. The highest BCUT2D eigenvalue weighted by atomic mass is 16.5. The molecule has 2 heterocycles. The maximum atomic E-state index is 5.67. The van der Waals surface area contributed by atoms with Crippen molar-refractivity contribution in [3.63, 3.8) is 0 Å². The second-order valence-corrected chi connectivity index (χ2v) is 6.75. The number of nitrogens with zero attached hydrogens (tertiary/aromatic N) is 4. The first kappa shape index (κ1) is 19.9. The number of anilines is 2. The average Bonchev–Trinajstić information content (AvgIpc) is 3.24. The van der Waals surface area contributed by atoms with Crippen LogP contribution in [0.15, 0.2) is 55.0 Å². The average molecular weight is 391 g/mol. The summed E-state index contributed by atoms with van der Waals surface area (Å²) in [7, 11) is 20.2. The van der Waals surface area contributed by atoms with Gasteiger partial charge in [-0.1, -0.05) is 0 Å². The number of nitrogens with one attached hydrogen (secondary N) is 1. The van der Waals surface area contributed by atoms with Crippen molar-refractivity contribution >= 4 is 45.9 Å². The van der Waals surface area contributed by atoms with Crippen LogP contribution in [-0.4, -0.2) is 57.5 Å². The summed E-state index contributed by atoms with van der Waals surface area (Å²) in [4.78, 5) is 9.15. The van der Waals surface area contributed by atoms with E-state index in [1.54, 1.807) is 32.8 Å². The number of hydrogen-bond acceptors (Lipinski definition) is 6. The van der Waals surface area contributed by atoms with E-state index >= 15 is 0 Å². The van der Waals surface area contributed by atoms with Gasteiger partial charge >= 0.3 is 0 Å². The normalized spacial score (nSPS) is 11.4. The number of hydrogen-bond donors (Lipinski definition) is 1. The molecule has 0 unspecified atom stereocenters. The molecule has 0 amide bonds. The molecule has 0 bridgehead atoms. The Hall–Kier alpha value is -3.42. The Kier molecular flexibility index (Phi) is 5.16. The first-order valence-electron chi connectivity index (χ1n) is 9.05. The monoisotopic (exact) mass is 391 g/mol. The molecule has 0 aliphatic rings. The minimum absolute atomic E-state index is 0.623. The molecule has 0 aliphatic carbocycles. The van der Waals surface area contributed by atoms with Crippen LogP contribution in [0.5, 0.6) is 11.5 Å². The third-order valence-corrected chi connectivity index (χ3v) is 4.46. The zero-order valence-corrected chi connectivity index (χ0v) is 16.5. The molecule has 0 aliphatic heterocycles. The Morgan fingerprint density at radius 2 is 1.63 bits per heavy atom. The first-order chi connectivity index (χ1) is 14.4. The van der Waals surface area contributed by atoms with Crippen LogP contribution in [0.25, 0.3) is 22.3 Å². The van der Waals surface area contributed by atoms with E-state index in [4.69, 9.17) is 33.0 Å². The van der Waals surface area contributed by atoms with Crippen LogP contribution in [0.3, 0.4) is 0 Å². The molecule has 4 rings (SSSR count). The van der Waals surface area contributed by atoms with Gasteiger partial charge in [-0.25, -0.2) is 4.98 Å². The van der Waals surface area contributed by atoms with Gasteiger partial charge in [-0.05, 0) is 23.4 Å². The van der Waals surface area contributed by atoms with Crippen LogP contribution in [0.2, 0.25) is 0 Å². The van der Waals surface area contributed by atoms with Crippen LogP contribution in [-0.2, 0) is 5.24 Å². The fourth-order valence-corrected chi connectivity index (χ4v) is 2.94. The van der Waals surface area contributed by atoms with Gasteiger partial charge in [0.1, 0.15) is 11.5 Å². The highest BCUT2D eigenvalue weighted by Crippen LogP contribution is 2.29. The van der Waals surface area contributed by atoms with E-state index in [0.29, 0.717) is 28.3 Å². The van der Waals surface area contributed by atoms with Crippen molar-refractivity contribution in [2.75, 3.05) is 19.5 Å². The smallest absolute Gasteiger partial charge is 0.124 e. The predicted molar refractivity (Wildman–Crippen MR) is 119 cm³/mol. The van der Waals surface area contributed by atoms with Crippen LogP contribution in [0.4, 0.5) is 11.4 Å². The molecule has 0 saturated heterocycles. The van der Waals surface area contributed by atoms with E-state index in [-0.39, 0.29) is 0 Å². The SMILES string of the molecule is [B]C([B])([B])n1cc(-c2cnc3ccc(Nc4cc(OC)cc(OC)c4)cc3n2)cn1. The highest BCUT2D eigenvalue weighted by molar-refractivity contribution is 6.56. The Bertz CT molecular complexity index is 1180. The Morgan fingerprint density at radius 3 is 2.27 bits per heavy atom. The molecule has 142 valence electrons. The molecule has 10 heteroatoms. The molecule has 2 aromatic heterocycles. The van der Waals surface area contributed by atoms with Crippen molar-refractivity contribution in [2.24, 2.45) is 0 Å². The third-order valence-electron chi connectivity index (χ3n) is 4.46. The van der Waals surface area contributed by atoms with Crippen molar-refractivity contribution in [2.45, 2.75) is 5.24 Å². The summed E-state index contributed by atoms with van der Waals surface area (Å²) < 4.78 is 11.9. The van der Waals surface area contributed by atoms with Gasteiger partial charge < -0.3 is 14.8 Å². The van der Waals surface area contributed by atoms with Gasteiger partial charge in [0.05, 0.1) is 66.9 Å². The van der Waals surface area contributed by atoms with Crippen molar-refractivity contribution in [3.05, 3.63) is 55.0 Å². The number of benzene rings is 2. The topological polar surface area (TPSA) is 74.1 Å². The van der Waals surface area contributed by atoms with Crippen LogP contribution < -0.4 is 14.8 Å². The van der Waals surface area contributed by atoms with Gasteiger partial charge in [0.15, 0.2) is 0 Å². The van der Waals surface area contributed by atoms with E-state index in [9.17, 15) is 0 Å². The summed E-state index contributed by atoms with van der Waals surface area (Å²) in [5, 5.41) is 5.84.